The molecule has 0 radical (unpaired) electrons. The first-order chi connectivity index (χ1) is 19.7. The molecule has 0 saturated carbocycles. The molecule has 9 heteroatoms. The maximum Gasteiger partial charge on any atom is 0.126 e. The standard InChI is InChI=1S/C32H42O9/c1-5-39-17-23-11-27(10-22(16-35)30(23)37)32(4,26-8-20(14-33)29(36)21(9-26)15-34)28-12-24(18-40-6-2)31(38)25(13-28)19-41-7-3/h8-13,33-38H,5-7,14-19H2,1-4H3/t32-/m1/s1. The molecule has 224 valence electrons. The fourth-order valence-corrected chi connectivity index (χ4v) is 4.97. The van der Waals surface area contributed by atoms with Gasteiger partial charge in [-0.05, 0) is 80.8 Å². The van der Waals surface area contributed by atoms with Crippen molar-refractivity contribution in [3.05, 3.63) is 86.5 Å². The molecule has 0 heterocycles. The van der Waals surface area contributed by atoms with E-state index in [0.29, 0.717) is 53.2 Å². The van der Waals surface area contributed by atoms with E-state index in [4.69, 9.17) is 14.2 Å². The number of phenolic OH excluding ortho intramolecular Hbond substituents is 1. The van der Waals surface area contributed by atoms with Crippen molar-refractivity contribution in [2.45, 2.75) is 72.8 Å². The van der Waals surface area contributed by atoms with Crippen molar-refractivity contribution in [2.75, 3.05) is 19.8 Å². The average molecular weight is 571 g/mol. The minimum atomic E-state index is -1.05. The largest absolute Gasteiger partial charge is 0.507 e. The van der Waals surface area contributed by atoms with E-state index in [9.17, 15) is 30.6 Å². The van der Waals surface area contributed by atoms with Crippen molar-refractivity contribution >= 4 is 0 Å². The Kier molecular flexibility index (Phi) is 11.5. The van der Waals surface area contributed by atoms with Crippen LogP contribution >= 0.6 is 0 Å². The lowest BCUT2D eigenvalue weighted by molar-refractivity contribution is 0.126. The molecule has 3 rings (SSSR count). The number of hydrogen-bond acceptors (Lipinski definition) is 9. The summed E-state index contributed by atoms with van der Waals surface area (Å²) in [7, 11) is 0. The first-order valence-electron chi connectivity index (χ1n) is 13.8. The molecular formula is C32H42O9. The first-order valence-corrected chi connectivity index (χ1v) is 13.8. The Bertz CT molecular complexity index is 1270. The van der Waals surface area contributed by atoms with E-state index >= 15 is 0 Å². The molecule has 3 aromatic rings. The molecule has 0 aromatic heterocycles. The summed E-state index contributed by atoms with van der Waals surface area (Å²) in [6, 6.07) is 10.5. The molecule has 9 nitrogen and oxygen atoms in total. The van der Waals surface area contributed by atoms with Crippen molar-refractivity contribution in [3.63, 3.8) is 0 Å². The van der Waals surface area contributed by atoms with Crippen LogP contribution in [0.25, 0.3) is 0 Å². The highest BCUT2D eigenvalue weighted by molar-refractivity contribution is 5.59. The van der Waals surface area contributed by atoms with Gasteiger partial charge in [0.25, 0.3) is 0 Å². The van der Waals surface area contributed by atoms with Crippen LogP contribution in [0, 0.1) is 0 Å². The van der Waals surface area contributed by atoms with Gasteiger partial charge < -0.3 is 44.8 Å². The van der Waals surface area contributed by atoms with Gasteiger partial charge in [-0.2, -0.15) is 0 Å². The Balaban J connectivity index is 2.46. The summed E-state index contributed by atoms with van der Waals surface area (Å²) in [5.74, 6) is -0.195. The molecule has 41 heavy (non-hydrogen) atoms. The molecule has 1 atom stereocenters. The maximum absolute atomic E-state index is 11.1. The highest BCUT2D eigenvalue weighted by Gasteiger charge is 2.35. The second kappa shape index (κ2) is 14.6. The van der Waals surface area contributed by atoms with Gasteiger partial charge in [0.15, 0.2) is 0 Å². The number of ether oxygens (including phenoxy) is 3. The zero-order chi connectivity index (χ0) is 30.2. The summed E-state index contributed by atoms with van der Waals surface area (Å²) < 4.78 is 16.9. The molecule has 0 saturated heterocycles. The van der Waals surface area contributed by atoms with Crippen LogP contribution in [-0.2, 0) is 59.3 Å². The second-order valence-electron chi connectivity index (χ2n) is 9.94. The van der Waals surface area contributed by atoms with Crippen LogP contribution in [0.15, 0.2) is 36.4 Å². The lowest BCUT2D eigenvalue weighted by atomic mass is 9.69. The fourth-order valence-electron chi connectivity index (χ4n) is 4.97. The average Bonchev–Trinajstić information content (AvgIpc) is 2.98. The summed E-state index contributed by atoms with van der Waals surface area (Å²) in [5.41, 5.74) is 3.30. The summed E-state index contributed by atoms with van der Waals surface area (Å²) >= 11 is 0. The zero-order valence-corrected chi connectivity index (χ0v) is 24.2. The van der Waals surface area contributed by atoms with Crippen molar-refractivity contribution < 1.29 is 44.8 Å². The number of benzene rings is 3. The number of aliphatic hydroxyl groups is 3. The van der Waals surface area contributed by atoms with E-state index in [-0.39, 0.29) is 48.2 Å². The quantitative estimate of drug-likeness (QED) is 0.148. The minimum absolute atomic E-state index is 0.0644. The highest BCUT2D eigenvalue weighted by atomic mass is 16.5. The first kappa shape index (κ1) is 32.3. The smallest absolute Gasteiger partial charge is 0.126 e. The van der Waals surface area contributed by atoms with Crippen molar-refractivity contribution in [3.8, 4) is 17.2 Å². The third kappa shape index (κ3) is 6.83. The van der Waals surface area contributed by atoms with Crippen LogP contribution < -0.4 is 0 Å². The molecule has 0 spiro atoms. The Labute approximate surface area is 241 Å². The predicted molar refractivity (Wildman–Crippen MR) is 154 cm³/mol. The van der Waals surface area contributed by atoms with Crippen molar-refractivity contribution in [1.82, 2.24) is 0 Å². The van der Waals surface area contributed by atoms with Gasteiger partial charge >= 0.3 is 0 Å². The third-order valence-electron chi connectivity index (χ3n) is 7.43. The Morgan fingerprint density at radius 1 is 0.488 bits per heavy atom. The highest BCUT2D eigenvalue weighted by Crippen LogP contribution is 2.45. The van der Waals surface area contributed by atoms with Crippen LogP contribution in [0.4, 0.5) is 0 Å². The van der Waals surface area contributed by atoms with Crippen molar-refractivity contribution in [1.29, 1.82) is 0 Å². The summed E-state index contributed by atoms with van der Waals surface area (Å²) in [6.45, 7) is 7.88. The Hall–Kier alpha value is -3.18. The summed E-state index contributed by atoms with van der Waals surface area (Å²) in [6.07, 6.45) is 0. The molecule has 3 aromatic carbocycles. The molecule has 0 unspecified atom stereocenters. The van der Waals surface area contributed by atoms with Crippen LogP contribution in [0.2, 0.25) is 0 Å². The predicted octanol–water partition coefficient (Wildman–Crippen LogP) is 4.24. The van der Waals surface area contributed by atoms with E-state index in [1.807, 2.05) is 39.8 Å². The van der Waals surface area contributed by atoms with Crippen LogP contribution in [-0.4, -0.2) is 50.5 Å². The van der Waals surface area contributed by atoms with E-state index in [0.717, 1.165) is 5.56 Å². The number of aliphatic hydroxyl groups excluding tert-OH is 3. The number of phenols is 3. The van der Waals surface area contributed by atoms with Gasteiger partial charge in [-0.25, -0.2) is 0 Å². The lowest BCUT2D eigenvalue weighted by Gasteiger charge is -2.35. The van der Waals surface area contributed by atoms with Gasteiger partial charge in [-0.3, -0.25) is 0 Å². The minimum Gasteiger partial charge on any atom is -0.507 e. The Morgan fingerprint density at radius 2 is 0.732 bits per heavy atom. The van der Waals surface area contributed by atoms with Crippen molar-refractivity contribution in [2.24, 2.45) is 0 Å². The molecule has 6 N–H and O–H groups in total. The lowest BCUT2D eigenvalue weighted by Crippen LogP contribution is -2.27. The summed E-state index contributed by atoms with van der Waals surface area (Å²) in [5, 5.41) is 62.9. The van der Waals surface area contributed by atoms with Crippen LogP contribution in [0.5, 0.6) is 17.2 Å². The zero-order valence-electron chi connectivity index (χ0n) is 24.2. The van der Waals surface area contributed by atoms with Gasteiger partial charge in [0, 0.05) is 58.6 Å². The van der Waals surface area contributed by atoms with Crippen LogP contribution in [0.1, 0.15) is 77.8 Å². The van der Waals surface area contributed by atoms with Gasteiger partial charge in [0.1, 0.15) is 17.2 Å². The van der Waals surface area contributed by atoms with Crippen LogP contribution in [0.3, 0.4) is 0 Å². The fraction of sp³-hybridized carbons (Fsp3) is 0.438. The molecule has 0 aliphatic carbocycles. The number of rotatable bonds is 15. The second-order valence-corrected chi connectivity index (χ2v) is 9.94. The monoisotopic (exact) mass is 570 g/mol. The molecule has 0 amide bonds. The van der Waals surface area contributed by atoms with E-state index in [1.165, 1.54) is 0 Å². The normalized spacial score (nSPS) is 13.0. The molecule has 0 aliphatic rings. The van der Waals surface area contributed by atoms with Gasteiger partial charge in [-0.15, -0.1) is 0 Å². The van der Waals surface area contributed by atoms with E-state index < -0.39 is 25.2 Å². The molecule has 0 aliphatic heterocycles. The number of hydrogen-bond donors (Lipinski definition) is 6. The van der Waals surface area contributed by atoms with E-state index in [2.05, 4.69) is 0 Å². The SMILES string of the molecule is CCOCc1cc([C@@](C)(c2cc(CO)c(O)c(CO)c2)c2cc(COCC)c(O)c(COCC)c2)cc(CO)c1O. The number of aromatic hydroxyl groups is 3. The van der Waals surface area contributed by atoms with Gasteiger partial charge in [0.2, 0.25) is 0 Å². The molecule has 0 fully saturated rings. The van der Waals surface area contributed by atoms with Gasteiger partial charge in [0.05, 0.1) is 39.6 Å². The molecular weight excluding hydrogens is 528 g/mol. The topological polar surface area (TPSA) is 149 Å². The summed E-state index contributed by atoms with van der Waals surface area (Å²) in [4.78, 5) is 0. The Morgan fingerprint density at radius 3 is 1.00 bits per heavy atom. The van der Waals surface area contributed by atoms with E-state index in [1.54, 1.807) is 24.3 Å². The maximum atomic E-state index is 11.1. The van der Waals surface area contributed by atoms with Gasteiger partial charge in [-0.1, -0.05) is 0 Å². The third-order valence-corrected chi connectivity index (χ3v) is 7.43. The molecule has 0 bridgehead atoms.